The fraction of sp³-hybridized carbons (Fsp3) is 0. The second kappa shape index (κ2) is 7.68. The number of hydrogen-bond donors (Lipinski definition) is 0. The first kappa shape index (κ1) is 10.6. The zero-order valence-electron chi connectivity index (χ0n) is 5.13. The van der Waals surface area contributed by atoms with Crippen LogP contribution in [0.4, 0.5) is 0 Å². The summed E-state index contributed by atoms with van der Waals surface area (Å²) < 4.78 is 0. The minimum Gasteiger partial charge on any atom is -0.106 e. The highest BCUT2D eigenvalue weighted by molar-refractivity contribution is 8.38. The third-order valence-electron chi connectivity index (χ3n) is 0.800. The monoisotopic (exact) mass is 212 g/mol. The molecule has 0 bridgehead atoms. The summed E-state index contributed by atoms with van der Waals surface area (Å²) in [5.41, 5.74) is 0. The Kier molecular flexibility index (Phi) is 8.13. The molecule has 1 aromatic rings. The Morgan fingerprint density at radius 2 is 1.50 bits per heavy atom. The molecule has 0 aliphatic heterocycles. The van der Waals surface area contributed by atoms with Gasteiger partial charge in [0.2, 0.25) is 0 Å². The van der Waals surface area contributed by atoms with Crippen LogP contribution in [0.2, 0.25) is 0 Å². The van der Waals surface area contributed by atoms with Gasteiger partial charge in [0, 0.05) is 0 Å². The summed E-state index contributed by atoms with van der Waals surface area (Å²) in [6.45, 7) is 0. The topological polar surface area (TPSA) is 0 Å². The van der Waals surface area contributed by atoms with Crippen LogP contribution in [0, 0.1) is 0 Å². The standard InChI is InChI=1S/C6H7P.Cl2S/c7-6-4-2-1-3-5-6;1-3-2/h1-5H,7H2;. The van der Waals surface area contributed by atoms with Crippen LogP contribution in [-0.4, -0.2) is 0 Å². The van der Waals surface area contributed by atoms with Crippen molar-refractivity contribution in [3.8, 4) is 0 Å². The van der Waals surface area contributed by atoms with E-state index in [1.165, 1.54) is 5.30 Å². The average Bonchev–Trinajstić information content (AvgIpc) is 1.91. The molecule has 0 heterocycles. The third-order valence-corrected chi connectivity index (χ3v) is 1.18. The van der Waals surface area contributed by atoms with Crippen molar-refractivity contribution in [2.24, 2.45) is 0 Å². The van der Waals surface area contributed by atoms with E-state index in [2.05, 4.69) is 30.6 Å². The molecule has 4 heteroatoms. The van der Waals surface area contributed by atoms with Gasteiger partial charge < -0.3 is 0 Å². The molecule has 1 atom stereocenters. The van der Waals surface area contributed by atoms with Crippen molar-refractivity contribution in [1.82, 2.24) is 0 Å². The summed E-state index contributed by atoms with van der Waals surface area (Å²) in [5, 5.41) is 1.24. The highest BCUT2D eigenvalue weighted by Crippen LogP contribution is 2.08. The van der Waals surface area contributed by atoms with Crippen LogP contribution in [0.1, 0.15) is 0 Å². The molecule has 1 unspecified atom stereocenters. The van der Waals surface area contributed by atoms with E-state index in [1.807, 2.05) is 30.3 Å². The second-order valence-corrected chi connectivity index (χ2v) is 3.65. The van der Waals surface area contributed by atoms with E-state index in [0.717, 1.165) is 0 Å². The first-order chi connectivity index (χ1) is 4.81. The molecule has 0 aliphatic rings. The Hall–Kier alpha value is 0.580. The van der Waals surface area contributed by atoms with Crippen LogP contribution in [0.25, 0.3) is 0 Å². The smallest absolute Gasteiger partial charge is 0.0523 e. The molecule has 56 valence electrons. The molecule has 0 saturated carbocycles. The SMILES string of the molecule is ClSCl.Pc1ccccc1. The van der Waals surface area contributed by atoms with E-state index in [9.17, 15) is 0 Å². The summed E-state index contributed by atoms with van der Waals surface area (Å²) in [6.07, 6.45) is 0. The molecular weight excluding hydrogens is 206 g/mol. The molecule has 0 spiro atoms. The van der Waals surface area contributed by atoms with Gasteiger partial charge in [-0.2, -0.15) is 0 Å². The van der Waals surface area contributed by atoms with E-state index in [4.69, 9.17) is 0 Å². The molecule has 0 amide bonds. The normalized spacial score (nSPS) is 7.90. The van der Waals surface area contributed by atoms with Crippen molar-refractivity contribution in [3.63, 3.8) is 0 Å². The Morgan fingerprint density at radius 3 is 1.70 bits per heavy atom. The van der Waals surface area contributed by atoms with Gasteiger partial charge in [0.1, 0.15) is 0 Å². The van der Waals surface area contributed by atoms with Crippen LogP contribution < -0.4 is 5.30 Å². The van der Waals surface area contributed by atoms with Crippen LogP contribution >= 0.6 is 40.8 Å². The van der Waals surface area contributed by atoms with Crippen LogP contribution in [-0.2, 0) is 0 Å². The van der Waals surface area contributed by atoms with Gasteiger partial charge in [-0.1, -0.05) is 30.3 Å². The lowest BCUT2D eigenvalue weighted by atomic mass is 10.4. The molecule has 1 rings (SSSR count). The van der Waals surface area contributed by atoms with E-state index in [-0.39, 0.29) is 0 Å². The molecular formula is C6H7Cl2PS. The summed E-state index contributed by atoms with van der Waals surface area (Å²) in [6, 6.07) is 10.1. The summed E-state index contributed by atoms with van der Waals surface area (Å²) >= 11 is 0. The number of rotatable bonds is 0. The quantitative estimate of drug-likeness (QED) is 0.596. The predicted molar refractivity (Wildman–Crippen MR) is 55.1 cm³/mol. The molecule has 0 saturated heterocycles. The van der Waals surface area contributed by atoms with Gasteiger partial charge >= 0.3 is 0 Å². The van der Waals surface area contributed by atoms with E-state index >= 15 is 0 Å². The van der Waals surface area contributed by atoms with Crippen molar-refractivity contribution in [2.75, 3.05) is 0 Å². The van der Waals surface area contributed by atoms with Gasteiger partial charge in [0.25, 0.3) is 0 Å². The summed E-state index contributed by atoms with van der Waals surface area (Å²) in [4.78, 5) is 0. The van der Waals surface area contributed by atoms with Crippen molar-refractivity contribution < 1.29 is 0 Å². The van der Waals surface area contributed by atoms with Crippen molar-refractivity contribution in [3.05, 3.63) is 30.3 Å². The summed E-state index contributed by atoms with van der Waals surface area (Å²) in [5.74, 6) is 0. The zero-order valence-corrected chi connectivity index (χ0v) is 8.61. The maximum Gasteiger partial charge on any atom is 0.0523 e. The van der Waals surface area contributed by atoms with Gasteiger partial charge in [-0.25, -0.2) is 0 Å². The lowest BCUT2D eigenvalue weighted by molar-refractivity contribution is 1.78. The Labute approximate surface area is 76.5 Å². The van der Waals surface area contributed by atoms with Gasteiger partial charge in [-0.05, 0) is 26.7 Å². The summed E-state index contributed by atoms with van der Waals surface area (Å²) in [7, 11) is 12.7. The maximum atomic E-state index is 4.68. The largest absolute Gasteiger partial charge is 0.106 e. The predicted octanol–water partition coefficient (Wildman–Crippen LogP) is 3.21. The first-order valence-corrected chi connectivity index (χ1v) is 5.55. The molecule has 1 aromatic carbocycles. The van der Waals surface area contributed by atoms with E-state index < -0.39 is 0 Å². The van der Waals surface area contributed by atoms with Gasteiger partial charge in [0.05, 0.1) is 10.2 Å². The van der Waals surface area contributed by atoms with E-state index in [1.54, 1.807) is 0 Å². The number of halogens is 2. The van der Waals surface area contributed by atoms with Gasteiger partial charge in [-0.15, -0.1) is 9.24 Å². The number of benzene rings is 1. The van der Waals surface area contributed by atoms with Crippen molar-refractivity contribution in [2.45, 2.75) is 0 Å². The molecule has 0 fully saturated rings. The Balaban J connectivity index is 0.000000236. The Bertz CT molecular complexity index is 157. The molecule has 0 N–H and O–H groups in total. The lowest BCUT2D eigenvalue weighted by Gasteiger charge is -1.82. The molecule has 0 radical (unpaired) electrons. The highest BCUT2D eigenvalue weighted by Gasteiger charge is 1.72. The molecule has 0 aliphatic carbocycles. The number of hydrogen-bond acceptors (Lipinski definition) is 1. The fourth-order valence-corrected chi connectivity index (χ4v) is 0.675. The highest BCUT2D eigenvalue weighted by atomic mass is 36.0. The average molecular weight is 213 g/mol. The van der Waals surface area contributed by atoms with Gasteiger partial charge in [-0.3, -0.25) is 0 Å². The first-order valence-electron chi connectivity index (χ1n) is 2.51. The second-order valence-electron chi connectivity index (χ2n) is 1.47. The van der Waals surface area contributed by atoms with Crippen LogP contribution in [0.3, 0.4) is 0 Å². The van der Waals surface area contributed by atoms with Crippen molar-refractivity contribution in [1.29, 1.82) is 0 Å². The minimum atomic E-state index is 0.694. The fourth-order valence-electron chi connectivity index (χ4n) is 0.453. The molecule has 0 aromatic heterocycles. The maximum absolute atomic E-state index is 4.68. The van der Waals surface area contributed by atoms with Gasteiger partial charge in [0.15, 0.2) is 0 Å². The van der Waals surface area contributed by atoms with Crippen molar-refractivity contribution >= 4 is 46.1 Å². The van der Waals surface area contributed by atoms with Crippen LogP contribution in [0.15, 0.2) is 30.3 Å². The minimum absolute atomic E-state index is 0.694. The molecule has 10 heavy (non-hydrogen) atoms. The lowest BCUT2D eigenvalue weighted by Crippen LogP contribution is -1.82. The molecule has 0 nitrogen and oxygen atoms in total. The Morgan fingerprint density at radius 1 is 1.10 bits per heavy atom. The zero-order chi connectivity index (χ0) is 7.82. The third kappa shape index (κ3) is 6.70. The van der Waals surface area contributed by atoms with Crippen LogP contribution in [0.5, 0.6) is 0 Å². The van der Waals surface area contributed by atoms with E-state index in [0.29, 0.717) is 10.2 Å².